The first-order valence-electron chi connectivity index (χ1n) is 14.2. The first-order valence-corrected chi connectivity index (χ1v) is 14.2. The maximum atomic E-state index is 13.0. The molecule has 0 radical (unpaired) electrons. The van der Waals surface area contributed by atoms with Gasteiger partial charge in [0.05, 0.1) is 23.0 Å². The number of hydrogen-bond donors (Lipinski definition) is 4. The average Bonchev–Trinajstić information content (AvgIpc) is 3.39. The van der Waals surface area contributed by atoms with Gasteiger partial charge in [-0.2, -0.15) is 5.26 Å². The Morgan fingerprint density at radius 1 is 1.02 bits per heavy atom. The quantitative estimate of drug-likeness (QED) is 0.293. The highest BCUT2D eigenvalue weighted by molar-refractivity contribution is 6.07. The van der Waals surface area contributed by atoms with Crippen molar-refractivity contribution in [3.05, 3.63) is 83.0 Å². The number of nitrogens with one attached hydrogen (secondary N) is 4. The van der Waals surface area contributed by atoms with Crippen molar-refractivity contribution in [2.75, 3.05) is 43.4 Å². The third-order valence-electron chi connectivity index (χ3n) is 7.46. The van der Waals surface area contributed by atoms with Gasteiger partial charge in [0.15, 0.2) is 0 Å². The highest BCUT2D eigenvalue weighted by atomic mass is 16.2. The van der Waals surface area contributed by atoms with Gasteiger partial charge >= 0.3 is 0 Å². The molecular formula is C32H38N6O3. The fourth-order valence-corrected chi connectivity index (χ4v) is 5.13. The van der Waals surface area contributed by atoms with Gasteiger partial charge < -0.3 is 26.2 Å². The number of amides is 3. The summed E-state index contributed by atoms with van der Waals surface area (Å²) < 4.78 is 0. The van der Waals surface area contributed by atoms with Crippen LogP contribution < -0.4 is 21.3 Å². The molecule has 0 aromatic heterocycles. The van der Waals surface area contributed by atoms with E-state index in [2.05, 4.69) is 53.3 Å². The van der Waals surface area contributed by atoms with E-state index in [-0.39, 0.29) is 23.8 Å². The molecule has 0 spiro atoms. The minimum absolute atomic E-state index is 0.175. The Labute approximate surface area is 241 Å². The molecule has 4 N–H and O–H groups in total. The second-order valence-electron chi connectivity index (χ2n) is 10.5. The van der Waals surface area contributed by atoms with Gasteiger partial charge in [0.25, 0.3) is 11.8 Å². The van der Waals surface area contributed by atoms with Gasteiger partial charge in [0, 0.05) is 56.3 Å². The van der Waals surface area contributed by atoms with Crippen LogP contribution >= 0.6 is 0 Å². The molecule has 1 heterocycles. The summed E-state index contributed by atoms with van der Waals surface area (Å²) in [6.07, 6.45) is 8.57. The van der Waals surface area contributed by atoms with Crippen LogP contribution in [0, 0.1) is 17.2 Å². The molecule has 41 heavy (non-hydrogen) atoms. The fraction of sp³-hybridized carbons (Fsp3) is 0.375. The number of likely N-dealkylation sites (tertiary alicyclic amines) is 1. The number of nitriles is 1. The second-order valence-corrected chi connectivity index (χ2v) is 10.5. The van der Waals surface area contributed by atoms with Crippen LogP contribution in [0.2, 0.25) is 0 Å². The third-order valence-corrected chi connectivity index (χ3v) is 7.46. The lowest BCUT2D eigenvalue weighted by atomic mass is 9.91. The van der Waals surface area contributed by atoms with E-state index in [9.17, 15) is 14.4 Å². The largest absolute Gasteiger partial charge is 0.382 e. The topological polar surface area (TPSA) is 126 Å². The van der Waals surface area contributed by atoms with E-state index in [1.807, 2.05) is 11.0 Å². The zero-order valence-electron chi connectivity index (χ0n) is 23.7. The molecule has 1 saturated heterocycles. The molecular weight excluding hydrogens is 516 g/mol. The number of hydrogen-bond acceptors (Lipinski definition) is 6. The summed E-state index contributed by atoms with van der Waals surface area (Å²) in [4.78, 5) is 39.6. The zero-order valence-corrected chi connectivity index (χ0v) is 23.7. The maximum absolute atomic E-state index is 13.0. The molecule has 1 fully saturated rings. The molecule has 2 unspecified atom stereocenters. The minimum atomic E-state index is -0.341. The standard InChI is InChI=1S/C32H38N6O3/c1-22-6-3-7-23(2)30(22)35-17-16-34-27-14-13-26(31(40)36-15-5-19-38-18-4-8-29(38)39)20-28(27)37-32(41)25-11-9-24(21-33)10-12-25/h3,6-7,9-14,20,22,30,34-35H,4-5,8,15-19H2,1-2H3,(H,36,40)(H,37,41). The monoisotopic (exact) mass is 554 g/mol. The summed E-state index contributed by atoms with van der Waals surface area (Å²) >= 11 is 0. The minimum Gasteiger partial charge on any atom is -0.382 e. The van der Waals surface area contributed by atoms with Crippen LogP contribution in [0.25, 0.3) is 0 Å². The second kappa shape index (κ2) is 14.3. The van der Waals surface area contributed by atoms with E-state index in [0.717, 1.165) is 13.0 Å². The molecule has 2 atom stereocenters. The van der Waals surface area contributed by atoms with Crippen molar-refractivity contribution >= 4 is 29.1 Å². The molecule has 9 nitrogen and oxygen atoms in total. The third kappa shape index (κ3) is 8.05. The van der Waals surface area contributed by atoms with E-state index >= 15 is 0 Å². The summed E-state index contributed by atoms with van der Waals surface area (Å²) in [5.41, 5.74) is 3.77. The van der Waals surface area contributed by atoms with E-state index in [0.29, 0.717) is 73.0 Å². The van der Waals surface area contributed by atoms with Crippen molar-refractivity contribution in [1.29, 1.82) is 5.26 Å². The summed E-state index contributed by atoms with van der Waals surface area (Å²) in [7, 11) is 0. The number of rotatable bonds is 12. The number of benzene rings is 2. The average molecular weight is 555 g/mol. The fourth-order valence-electron chi connectivity index (χ4n) is 5.13. The van der Waals surface area contributed by atoms with Crippen LogP contribution in [0.1, 0.15) is 59.4 Å². The van der Waals surface area contributed by atoms with E-state index < -0.39 is 0 Å². The van der Waals surface area contributed by atoms with Crippen LogP contribution in [0.3, 0.4) is 0 Å². The summed E-state index contributed by atoms with van der Waals surface area (Å²) in [6.45, 7) is 7.49. The summed E-state index contributed by atoms with van der Waals surface area (Å²) in [5.74, 6) is -0.0154. The predicted molar refractivity (Wildman–Crippen MR) is 161 cm³/mol. The highest BCUT2D eigenvalue weighted by Gasteiger charge is 2.20. The molecule has 2 aromatic rings. The SMILES string of the molecule is CC1=CC=CC(C)C1NCCNc1ccc(C(=O)NCCCN2CCCC2=O)cc1NC(=O)c1ccc(C#N)cc1. The number of nitrogens with zero attached hydrogens (tertiary/aromatic N) is 2. The molecule has 0 saturated carbocycles. The van der Waals surface area contributed by atoms with Crippen LogP contribution in [0.5, 0.6) is 0 Å². The van der Waals surface area contributed by atoms with Gasteiger partial charge in [-0.1, -0.05) is 30.7 Å². The molecule has 3 amide bonds. The Morgan fingerprint density at radius 3 is 2.51 bits per heavy atom. The Balaban J connectivity index is 1.40. The lowest BCUT2D eigenvalue weighted by Gasteiger charge is -2.26. The molecule has 2 aromatic carbocycles. The van der Waals surface area contributed by atoms with Gasteiger partial charge in [0.1, 0.15) is 0 Å². The first kappa shape index (κ1) is 29.6. The van der Waals surface area contributed by atoms with Gasteiger partial charge in [-0.3, -0.25) is 14.4 Å². The summed E-state index contributed by atoms with van der Waals surface area (Å²) in [5, 5.41) is 21.9. The number of carbonyl (C=O) groups is 3. The van der Waals surface area contributed by atoms with Crippen molar-refractivity contribution in [1.82, 2.24) is 15.5 Å². The highest BCUT2D eigenvalue weighted by Crippen LogP contribution is 2.25. The van der Waals surface area contributed by atoms with Gasteiger partial charge in [-0.05, 0) is 68.1 Å². The molecule has 0 bridgehead atoms. The summed E-state index contributed by atoms with van der Waals surface area (Å²) in [6, 6.07) is 13.9. The maximum Gasteiger partial charge on any atom is 0.255 e. The molecule has 4 rings (SSSR count). The van der Waals surface area contributed by atoms with E-state index in [1.54, 1.807) is 42.5 Å². The smallest absolute Gasteiger partial charge is 0.255 e. The van der Waals surface area contributed by atoms with Crippen LogP contribution in [-0.2, 0) is 4.79 Å². The van der Waals surface area contributed by atoms with E-state index in [4.69, 9.17) is 5.26 Å². The van der Waals surface area contributed by atoms with Crippen molar-refractivity contribution < 1.29 is 14.4 Å². The Morgan fingerprint density at radius 2 is 1.80 bits per heavy atom. The van der Waals surface area contributed by atoms with Gasteiger partial charge in [-0.25, -0.2) is 0 Å². The Bertz CT molecular complexity index is 1360. The number of allylic oxidation sites excluding steroid dienone is 2. The lowest BCUT2D eigenvalue weighted by molar-refractivity contribution is -0.127. The van der Waals surface area contributed by atoms with Crippen LogP contribution in [-0.4, -0.2) is 61.4 Å². The predicted octanol–water partition coefficient (Wildman–Crippen LogP) is 4.08. The van der Waals surface area contributed by atoms with E-state index in [1.165, 1.54) is 5.57 Å². The zero-order chi connectivity index (χ0) is 29.2. The molecule has 1 aliphatic carbocycles. The van der Waals surface area contributed by atoms with Crippen molar-refractivity contribution in [3.63, 3.8) is 0 Å². The lowest BCUT2D eigenvalue weighted by Crippen LogP contribution is -2.39. The van der Waals surface area contributed by atoms with Crippen molar-refractivity contribution in [2.24, 2.45) is 5.92 Å². The first-order chi connectivity index (χ1) is 19.9. The molecule has 2 aliphatic rings. The van der Waals surface area contributed by atoms with Crippen molar-refractivity contribution in [2.45, 2.75) is 39.2 Å². The van der Waals surface area contributed by atoms with Gasteiger partial charge in [0.2, 0.25) is 5.91 Å². The van der Waals surface area contributed by atoms with Gasteiger partial charge in [-0.15, -0.1) is 0 Å². The van der Waals surface area contributed by atoms with Crippen LogP contribution in [0.15, 0.2) is 66.3 Å². The number of carbonyl (C=O) groups excluding carboxylic acids is 3. The molecule has 1 aliphatic heterocycles. The number of anilines is 2. The molecule has 214 valence electrons. The van der Waals surface area contributed by atoms with Crippen molar-refractivity contribution in [3.8, 4) is 6.07 Å². The van der Waals surface area contributed by atoms with Crippen LogP contribution in [0.4, 0.5) is 11.4 Å². The Hall–Kier alpha value is -4.42. The Kier molecular flexibility index (Phi) is 10.3. The normalized spacial score (nSPS) is 18.0. The molecule has 9 heteroatoms.